The van der Waals surface area contributed by atoms with Gasteiger partial charge in [-0.3, -0.25) is 9.89 Å². The molecule has 7 nitrogen and oxygen atoms in total. The lowest BCUT2D eigenvalue weighted by atomic mass is 10.2. The molecule has 0 spiro atoms. The van der Waals surface area contributed by atoms with Gasteiger partial charge in [0.15, 0.2) is 5.96 Å². The first kappa shape index (κ1) is 22.3. The molecule has 158 valence electrons. The third kappa shape index (κ3) is 6.27. The maximum atomic E-state index is 5.54. The van der Waals surface area contributed by atoms with Gasteiger partial charge in [0.2, 0.25) is 0 Å². The number of rotatable bonds is 8. The van der Waals surface area contributed by atoms with Crippen LogP contribution in [0.25, 0.3) is 0 Å². The normalized spacial score (nSPS) is 17.3. The van der Waals surface area contributed by atoms with Crippen LogP contribution in [0.15, 0.2) is 23.2 Å². The van der Waals surface area contributed by atoms with E-state index in [2.05, 4.69) is 48.0 Å². The number of methoxy groups -OCH3 is 2. The van der Waals surface area contributed by atoms with Gasteiger partial charge in [0.1, 0.15) is 11.5 Å². The zero-order valence-corrected chi connectivity index (χ0v) is 18.4. The largest absolute Gasteiger partial charge is 0.497 e. The highest BCUT2D eigenvalue weighted by Gasteiger charge is 2.19. The van der Waals surface area contributed by atoms with Crippen LogP contribution in [0.1, 0.15) is 19.4 Å². The number of hydrogen-bond donors (Lipinski definition) is 1. The summed E-state index contributed by atoms with van der Waals surface area (Å²) in [6.07, 6.45) is 0. The number of aliphatic imine (C=N–C) groups is 1. The van der Waals surface area contributed by atoms with E-state index in [1.807, 2.05) is 18.2 Å². The first-order valence-electron chi connectivity index (χ1n) is 10.1. The fourth-order valence-corrected chi connectivity index (χ4v) is 3.38. The summed E-state index contributed by atoms with van der Waals surface area (Å²) in [5.74, 6) is 2.54. The van der Waals surface area contributed by atoms with Crippen molar-refractivity contribution in [2.24, 2.45) is 4.99 Å². The van der Waals surface area contributed by atoms with E-state index in [-0.39, 0.29) is 0 Å². The van der Waals surface area contributed by atoms with Crippen molar-refractivity contribution in [2.75, 3.05) is 67.6 Å². The highest BCUT2D eigenvalue weighted by atomic mass is 16.5. The van der Waals surface area contributed by atoms with Gasteiger partial charge < -0.3 is 24.6 Å². The molecule has 0 bridgehead atoms. The van der Waals surface area contributed by atoms with Gasteiger partial charge in [0, 0.05) is 64.0 Å². The molecule has 0 saturated carbocycles. The number of piperazine rings is 1. The van der Waals surface area contributed by atoms with Gasteiger partial charge in [0.05, 0.1) is 20.8 Å². The number of guanidine groups is 1. The van der Waals surface area contributed by atoms with Crippen LogP contribution < -0.4 is 14.8 Å². The zero-order valence-electron chi connectivity index (χ0n) is 18.4. The molecule has 1 aliphatic heterocycles. The van der Waals surface area contributed by atoms with Crippen LogP contribution >= 0.6 is 0 Å². The molecule has 7 heteroatoms. The molecule has 1 atom stereocenters. The monoisotopic (exact) mass is 391 g/mol. The number of nitrogens with one attached hydrogen (secondary N) is 1. The summed E-state index contributed by atoms with van der Waals surface area (Å²) in [4.78, 5) is 12.0. The summed E-state index contributed by atoms with van der Waals surface area (Å²) in [6.45, 7) is 11.2. The standard InChI is InChI=1S/C21H37N5O2/c1-7-22-21(23-15-17(2)26-12-10-24(3)11-13-26)25(4)16-18-8-9-19(27-5)14-20(18)28-6/h8-9,14,17H,7,10-13,15-16H2,1-6H3,(H,22,23). The maximum absolute atomic E-state index is 5.54. The topological polar surface area (TPSA) is 52.6 Å². The molecule has 2 rings (SSSR count). The Balaban J connectivity index is 2.02. The van der Waals surface area contributed by atoms with Crippen LogP contribution in [-0.4, -0.2) is 94.3 Å². The van der Waals surface area contributed by atoms with E-state index in [1.165, 1.54) is 0 Å². The van der Waals surface area contributed by atoms with Crippen molar-refractivity contribution in [3.8, 4) is 11.5 Å². The number of likely N-dealkylation sites (N-methyl/N-ethyl adjacent to an activating group) is 1. The predicted octanol–water partition coefficient (Wildman–Crippen LogP) is 1.74. The molecule has 1 N–H and O–H groups in total. The summed E-state index contributed by atoms with van der Waals surface area (Å²) in [5, 5.41) is 3.41. The van der Waals surface area contributed by atoms with Crippen LogP contribution in [-0.2, 0) is 6.54 Å². The molecule has 1 aliphatic rings. The smallest absolute Gasteiger partial charge is 0.194 e. The Hall–Kier alpha value is -1.99. The van der Waals surface area contributed by atoms with Gasteiger partial charge in [-0.1, -0.05) is 0 Å². The third-order valence-corrected chi connectivity index (χ3v) is 5.26. The van der Waals surface area contributed by atoms with Crippen LogP contribution in [0.4, 0.5) is 0 Å². The molecular formula is C21H37N5O2. The van der Waals surface area contributed by atoms with Crippen molar-refractivity contribution >= 4 is 5.96 Å². The number of benzene rings is 1. The van der Waals surface area contributed by atoms with Crippen molar-refractivity contribution in [3.05, 3.63) is 23.8 Å². The fraction of sp³-hybridized carbons (Fsp3) is 0.667. The van der Waals surface area contributed by atoms with Crippen LogP contribution in [0.2, 0.25) is 0 Å². The van der Waals surface area contributed by atoms with E-state index < -0.39 is 0 Å². The highest BCUT2D eigenvalue weighted by molar-refractivity contribution is 5.79. The first-order valence-corrected chi connectivity index (χ1v) is 10.1. The minimum Gasteiger partial charge on any atom is -0.497 e. The van der Waals surface area contributed by atoms with E-state index in [9.17, 15) is 0 Å². The maximum Gasteiger partial charge on any atom is 0.194 e. The Morgan fingerprint density at radius 2 is 1.93 bits per heavy atom. The Labute approximate surface area is 170 Å². The number of nitrogens with zero attached hydrogens (tertiary/aromatic N) is 4. The highest BCUT2D eigenvalue weighted by Crippen LogP contribution is 2.25. The molecule has 1 aromatic carbocycles. The molecule has 0 radical (unpaired) electrons. The van der Waals surface area contributed by atoms with Crippen molar-refractivity contribution in [3.63, 3.8) is 0 Å². The van der Waals surface area contributed by atoms with Crippen LogP contribution in [0.5, 0.6) is 11.5 Å². The molecule has 0 aromatic heterocycles. The SMILES string of the molecule is CCNC(=NCC(C)N1CCN(C)CC1)N(C)Cc1ccc(OC)cc1OC. The average Bonchev–Trinajstić information content (AvgIpc) is 2.71. The van der Waals surface area contributed by atoms with Crippen LogP contribution in [0.3, 0.4) is 0 Å². The molecule has 28 heavy (non-hydrogen) atoms. The quantitative estimate of drug-likeness (QED) is 0.538. The number of ether oxygens (including phenoxy) is 2. The minimum absolute atomic E-state index is 0.436. The second-order valence-corrected chi connectivity index (χ2v) is 7.42. The molecule has 1 saturated heterocycles. The third-order valence-electron chi connectivity index (χ3n) is 5.26. The van der Waals surface area contributed by atoms with E-state index in [1.54, 1.807) is 14.2 Å². The summed E-state index contributed by atoms with van der Waals surface area (Å²) < 4.78 is 10.8. The molecule has 0 amide bonds. The van der Waals surface area contributed by atoms with Gasteiger partial charge in [0.25, 0.3) is 0 Å². The molecular weight excluding hydrogens is 354 g/mol. The Bertz CT molecular complexity index is 629. The Kier molecular flexibility index (Phi) is 8.86. The van der Waals surface area contributed by atoms with Crippen molar-refractivity contribution in [1.82, 2.24) is 20.0 Å². The summed E-state index contributed by atoms with van der Waals surface area (Å²) in [6, 6.07) is 6.37. The van der Waals surface area contributed by atoms with Gasteiger partial charge >= 0.3 is 0 Å². The van der Waals surface area contributed by atoms with E-state index >= 15 is 0 Å². The second kappa shape index (κ2) is 11.1. The molecule has 0 aliphatic carbocycles. The van der Waals surface area contributed by atoms with Crippen LogP contribution in [0, 0.1) is 0 Å². The summed E-state index contributed by atoms with van der Waals surface area (Å²) >= 11 is 0. The summed E-state index contributed by atoms with van der Waals surface area (Å²) in [7, 11) is 7.60. The lowest BCUT2D eigenvalue weighted by molar-refractivity contribution is 0.122. The van der Waals surface area contributed by atoms with Gasteiger partial charge in [-0.25, -0.2) is 0 Å². The van der Waals surface area contributed by atoms with Gasteiger partial charge in [-0.2, -0.15) is 0 Å². The lowest BCUT2D eigenvalue weighted by Gasteiger charge is -2.36. The number of hydrogen-bond acceptors (Lipinski definition) is 5. The predicted molar refractivity (Wildman–Crippen MR) is 116 cm³/mol. The molecule has 1 heterocycles. The first-order chi connectivity index (χ1) is 13.5. The molecule has 1 fully saturated rings. The lowest BCUT2D eigenvalue weighted by Crippen LogP contribution is -2.49. The Morgan fingerprint density at radius 3 is 2.54 bits per heavy atom. The van der Waals surface area contributed by atoms with Crippen molar-refractivity contribution in [1.29, 1.82) is 0 Å². The van der Waals surface area contributed by atoms with E-state index in [0.717, 1.165) is 62.3 Å². The van der Waals surface area contributed by atoms with Gasteiger partial charge in [-0.15, -0.1) is 0 Å². The molecule has 1 unspecified atom stereocenters. The van der Waals surface area contributed by atoms with Crippen molar-refractivity contribution < 1.29 is 9.47 Å². The minimum atomic E-state index is 0.436. The zero-order chi connectivity index (χ0) is 20.5. The summed E-state index contributed by atoms with van der Waals surface area (Å²) in [5.41, 5.74) is 1.10. The Morgan fingerprint density at radius 1 is 1.21 bits per heavy atom. The average molecular weight is 392 g/mol. The fourth-order valence-electron chi connectivity index (χ4n) is 3.38. The van der Waals surface area contributed by atoms with Gasteiger partial charge in [-0.05, 0) is 33.0 Å². The second-order valence-electron chi connectivity index (χ2n) is 7.42. The van der Waals surface area contributed by atoms with E-state index in [0.29, 0.717) is 12.6 Å². The molecule has 1 aromatic rings. The van der Waals surface area contributed by atoms with E-state index in [4.69, 9.17) is 14.5 Å². The van der Waals surface area contributed by atoms with Crippen molar-refractivity contribution in [2.45, 2.75) is 26.4 Å².